The van der Waals surface area contributed by atoms with Gasteiger partial charge in [-0.2, -0.15) is 0 Å². The molecule has 128 valence electrons. The molecule has 0 aliphatic carbocycles. The van der Waals surface area contributed by atoms with Crippen molar-refractivity contribution in [1.82, 2.24) is 10.3 Å². The third-order valence-electron chi connectivity index (χ3n) is 4.32. The van der Waals surface area contributed by atoms with Gasteiger partial charge in [0.1, 0.15) is 5.75 Å². The van der Waals surface area contributed by atoms with Crippen LogP contribution in [0.15, 0.2) is 30.5 Å². The summed E-state index contributed by atoms with van der Waals surface area (Å²) in [6.45, 7) is 4.83. The minimum Gasteiger partial charge on any atom is -0.497 e. The molecule has 1 N–H and O–H groups in total. The molecule has 1 fully saturated rings. The first-order chi connectivity index (χ1) is 11.6. The van der Waals surface area contributed by atoms with Gasteiger partial charge in [-0.05, 0) is 38.8 Å². The van der Waals surface area contributed by atoms with Crippen molar-refractivity contribution in [3.05, 3.63) is 40.3 Å². The molecule has 0 spiro atoms. The Bertz CT molecular complexity index is 716. The Morgan fingerprint density at radius 3 is 3.00 bits per heavy atom. The van der Waals surface area contributed by atoms with E-state index < -0.39 is 0 Å². The van der Waals surface area contributed by atoms with Crippen molar-refractivity contribution >= 4 is 22.9 Å². The predicted octanol–water partition coefficient (Wildman–Crippen LogP) is 3.31. The quantitative estimate of drug-likeness (QED) is 0.903. The molecule has 1 aromatic carbocycles. The molecule has 0 bridgehead atoms. The summed E-state index contributed by atoms with van der Waals surface area (Å²) < 4.78 is 5.27. The number of nitrogens with one attached hydrogen (secondary N) is 1. The summed E-state index contributed by atoms with van der Waals surface area (Å²) in [6, 6.07) is 7.63. The molecule has 1 amide bonds. The summed E-state index contributed by atoms with van der Waals surface area (Å²) in [5.41, 5.74) is 0.895. The lowest BCUT2D eigenvalue weighted by Gasteiger charge is -2.34. The highest BCUT2D eigenvalue weighted by molar-refractivity contribution is 7.11. The van der Waals surface area contributed by atoms with Gasteiger partial charge in [-0.25, -0.2) is 4.98 Å². The molecular weight excluding hydrogens is 322 g/mol. The minimum atomic E-state index is -0.164. The van der Waals surface area contributed by atoms with Crippen LogP contribution in [0, 0.1) is 6.92 Å². The average Bonchev–Trinajstić information content (AvgIpc) is 3.03. The van der Waals surface area contributed by atoms with Gasteiger partial charge >= 0.3 is 0 Å². The van der Waals surface area contributed by atoms with Gasteiger partial charge in [0.05, 0.1) is 18.2 Å². The van der Waals surface area contributed by atoms with Crippen molar-refractivity contribution in [2.45, 2.75) is 38.8 Å². The number of thiazole rings is 1. The predicted molar refractivity (Wildman–Crippen MR) is 96.8 cm³/mol. The fraction of sp³-hybridized carbons (Fsp3) is 0.444. The second-order valence-corrected chi connectivity index (χ2v) is 7.32. The minimum absolute atomic E-state index is 0.121. The molecule has 3 rings (SSSR count). The summed E-state index contributed by atoms with van der Waals surface area (Å²) in [5, 5.41) is 4.52. The normalized spacial score (nSPS) is 19.4. The number of amides is 1. The number of nitrogens with zero attached hydrogens (tertiary/aromatic N) is 2. The number of hydrogen-bond acceptors (Lipinski definition) is 5. The summed E-state index contributed by atoms with van der Waals surface area (Å²) in [5.74, 6) is 0.895. The Labute approximate surface area is 146 Å². The lowest BCUT2D eigenvalue weighted by Crippen LogP contribution is -2.51. The molecule has 5 nitrogen and oxygen atoms in total. The molecule has 2 atom stereocenters. The van der Waals surface area contributed by atoms with Gasteiger partial charge in [-0.3, -0.25) is 10.1 Å². The van der Waals surface area contributed by atoms with E-state index in [4.69, 9.17) is 4.74 Å². The number of aromatic nitrogens is 1. The largest absolute Gasteiger partial charge is 0.497 e. The Hall–Kier alpha value is -1.92. The standard InChI is InChI=1S/C18H23N3O2S/c1-12(17-11-19-13(2)24-17)20-16-8-5-9-21(18(16)22)14-6-4-7-15(10-14)23-3/h4,6-7,10-12,16,20H,5,8-9H2,1-3H3/t12-,16+/m0/s1. The van der Waals surface area contributed by atoms with Gasteiger partial charge in [-0.1, -0.05) is 6.07 Å². The Kier molecular flexibility index (Phi) is 5.16. The molecule has 6 heteroatoms. The van der Waals surface area contributed by atoms with Crippen LogP contribution >= 0.6 is 11.3 Å². The number of aryl methyl sites for hydroxylation is 1. The molecule has 1 saturated heterocycles. The second kappa shape index (κ2) is 7.32. The zero-order chi connectivity index (χ0) is 17.1. The third kappa shape index (κ3) is 3.60. The van der Waals surface area contributed by atoms with Gasteiger partial charge < -0.3 is 9.64 Å². The van der Waals surface area contributed by atoms with E-state index in [0.29, 0.717) is 0 Å². The van der Waals surface area contributed by atoms with Crippen LogP contribution in [-0.4, -0.2) is 30.6 Å². The molecule has 1 aliphatic heterocycles. The van der Waals surface area contributed by atoms with Gasteiger partial charge in [0.25, 0.3) is 0 Å². The van der Waals surface area contributed by atoms with Crippen LogP contribution in [0.3, 0.4) is 0 Å². The third-order valence-corrected chi connectivity index (χ3v) is 5.42. The van der Waals surface area contributed by atoms with Crippen LogP contribution in [0.1, 0.15) is 35.7 Å². The van der Waals surface area contributed by atoms with Crippen LogP contribution in [0.25, 0.3) is 0 Å². The number of hydrogen-bond donors (Lipinski definition) is 1. The first-order valence-electron chi connectivity index (χ1n) is 8.22. The highest BCUT2D eigenvalue weighted by Crippen LogP contribution is 2.27. The molecule has 0 unspecified atom stereocenters. The molecule has 1 aromatic heterocycles. The maximum absolute atomic E-state index is 12.9. The van der Waals surface area contributed by atoms with E-state index in [9.17, 15) is 4.79 Å². The Morgan fingerprint density at radius 2 is 2.29 bits per heavy atom. The molecular formula is C18H23N3O2S. The van der Waals surface area contributed by atoms with Crippen LogP contribution in [-0.2, 0) is 4.79 Å². The number of methoxy groups -OCH3 is 1. The van der Waals surface area contributed by atoms with Crippen LogP contribution < -0.4 is 15.0 Å². The van der Waals surface area contributed by atoms with E-state index in [1.807, 2.05) is 42.3 Å². The average molecular weight is 345 g/mol. The van der Waals surface area contributed by atoms with Gasteiger partial charge in [0, 0.05) is 35.4 Å². The van der Waals surface area contributed by atoms with Crippen molar-refractivity contribution in [1.29, 1.82) is 0 Å². The lowest BCUT2D eigenvalue weighted by molar-refractivity contribution is -0.122. The highest BCUT2D eigenvalue weighted by atomic mass is 32.1. The van der Waals surface area contributed by atoms with E-state index in [-0.39, 0.29) is 18.0 Å². The SMILES string of the molecule is COc1cccc(N2CCC[C@@H](N[C@@H](C)c3cnc(C)s3)C2=O)c1. The number of rotatable bonds is 5. The van der Waals surface area contributed by atoms with Crippen LogP contribution in [0.5, 0.6) is 5.75 Å². The zero-order valence-corrected chi connectivity index (χ0v) is 15.1. The fourth-order valence-electron chi connectivity index (χ4n) is 3.03. The number of carbonyl (C=O) groups is 1. The van der Waals surface area contributed by atoms with Gasteiger partial charge in [0.15, 0.2) is 0 Å². The number of carbonyl (C=O) groups excluding carboxylic acids is 1. The van der Waals surface area contributed by atoms with Crippen molar-refractivity contribution in [2.24, 2.45) is 0 Å². The van der Waals surface area contributed by atoms with Gasteiger partial charge in [0.2, 0.25) is 5.91 Å². The van der Waals surface area contributed by atoms with E-state index in [0.717, 1.165) is 35.8 Å². The lowest BCUT2D eigenvalue weighted by atomic mass is 10.0. The number of piperidine rings is 1. The number of benzene rings is 1. The fourth-order valence-corrected chi connectivity index (χ4v) is 3.82. The molecule has 0 radical (unpaired) electrons. The maximum Gasteiger partial charge on any atom is 0.244 e. The van der Waals surface area contributed by atoms with E-state index >= 15 is 0 Å². The topological polar surface area (TPSA) is 54.5 Å². The van der Waals surface area contributed by atoms with E-state index in [1.165, 1.54) is 4.88 Å². The van der Waals surface area contributed by atoms with Crippen molar-refractivity contribution in [3.8, 4) is 5.75 Å². The van der Waals surface area contributed by atoms with Crippen LogP contribution in [0.4, 0.5) is 5.69 Å². The molecule has 2 heterocycles. The summed E-state index contributed by atoms with van der Waals surface area (Å²) in [4.78, 5) is 20.2. The van der Waals surface area contributed by atoms with E-state index in [1.54, 1.807) is 18.4 Å². The zero-order valence-electron chi connectivity index (χ0n) is 14.3. The molecule has 24 heavy (non-hydrogen) atoms. The summed E-state index contributed by atoms with van der Waals surface area (Å²) in [7, 11) is 1.64. The van der Waals surface area contributed by atoms with Crippen molar-refractivity contribution < 1.29 is 9.53 Å². The monoisotopic (exact) mass is 345 g/mol. The first kappa shape index (κ1) is 16.9. The van der Waals surface area contributed by atoms with E-state index in [2.05, 4.69) is 17.2 Å². The molecule has 1 aliphatic rings. The maximum atomic E-state index is 12.9. The summed E-state index contributed by atoms with van der Waals surface area (Å²) in [6.07, 6.45) is 3.74. The molecule has 0 saturated carbocycles. The van der Waals surface area contributed by atoms with Gasteiger partial charge in [-0.15, -0.1) is 11.3 Å². The van der Waals surface area contributed by atoms with Crippen molar-refractivity contribution in [3.63, 3.8) is 0 Å². The van der Waals surface area contributed by atoms with Crippen molar-refractivity contribution in [2.75, 3.05) is 18.6 Å². The second-order valence-electron chi connectivity index (χ2n) is 6.06. The van der Waals surface area contributed by atoms with Crippen LogP contribution in [0.2, 0.25) is 0 Å². The smallest absolute Gasteiger partial charge is 0.244 e. The highest BCUT2D eigenvalue weighted by Gasteiger charge is 2.31. The molecule has 2 aromatic rings. The first-order valence-corrected chi connectivity index (χ1v) is 9.04. The Balaban J connectivity index is 1.72. The Morgan fingerprint density at radius 1 is 1.46 bits per heavy atom. The summed E-state index contributed by atoms with van der Waals surface area (Å²) >= 11 is 1.67. The number of anilines is 1. The number of ether oxygens (including phenoxy) is 1.